The standard InChI is InChI=1S/C34H34N2O15/c1-11-7-13-8-18(38)34(49-5)30(43)21-15(29(42)33(34,46)22(13)26(41)19(11)32(44)45)9-14-20(25(21)40)17(37)10-16(24(14)39)35-31-28(48-4)23(36-50-6)27(47-3)12(2)51-31/h7,9-10,12,18,27-28,31,35,38,40-41,46H,8H2,1-6H3,(H,44,45)/b36-23-/t12-,18?,27-,28+,31-,33?,34?/m0/s1. The Morgan fingerprint density at radius 2 is 1.65 bits per heavy atom. The number of carbonyl (C=O) groups excluding carboxylic acids is 4. The number of ketones is 4. The largest absolute Gasteiger partial charge is 0.507 e. The number of nitrogens with one attached hydrogen (secondary N) is 1. The number of rotatable bonds is 7. The quantitative estimate of drug-likeness (QED) is 0.211. The predicted octanol–water partition coefficient (Wildman–Crippen LogP) is 0.303. The smallest absolute Gasteiger partial charge is 0.339 e. The molecule has 1 saturated heterocycles. The zero-order valence-electron chi connectivity index (χ0n) is 28.1. The van der Waals surface area contributed by atoms with Crippen LogP contribution in [0.15, 0.2) is 29.1 Å². The van der Waals surface area contributed by atoms with Gasteiger partial charge in [-0.05, 0) is 31.0 Å². The lowest BCUT2D eigenvalue weighted by Crippen LogP contribution is -2.73. The molecule has 270 valence electrons. The van der Waals surface area contributed by atoms with Crippen molar-refractivity contribution in [1.82, 2.24) is 5.32 Å². The van der Waals surface area contributed by atoms with E-state index in [2.05, 4.69) is 10.5 Å². The number of carbonyl (C=O) groups is 5. The lowest BCUT2D eigenvalue weighted by Gasteiger charge is -2.52. The van der Waals surface area contributed by atoms with Gasteiger partial charge in [0, 0.05) is 50.5 Å². The van der Waals surface area contributed by atoms with Crippen LogP contribution in [0, 0.1) is 6.92 Å². The second-order valence-electron chi connectivity index (χ2n) is 12.5. The van der Waals surface area contributed by atoms with Crippen LogP contribution in [0.1, 0.15) is 75.4 Å². The maximum atomic E-state index is 14.5. The molecule has 2 aromatic carbocycles. The number of phenolic OH excluding ortho intramolecular Hbond substituents is 1. The monoisotopic (exact) mass is 710 g/mol. The highest BCUT2D eigenvalue weighted by Crippen LogP contribution is 2.56. The van der Waals surface area contributed by atoms with Crippen molar-refractivity contribution in [2.75, 3.05) is 28.4 Å². The number of carboxylic acid groups (broad SMARTS) is 1. The van der Waals surface area contributed by atoms with Gasteiger partial charge in [-0.3, -0.25) is 19.2 Å². The van der Waals surface area contributed by atoms with Gasteiger partial charge in [-0.15, -0.1) is 0 Å². The van der Waals surface area contributed by atoms with E-state index in [0.717, 1.165) is 19.3 Å². The van der Waals surface area contributed by atoms with Crippen molar-refractivity contribution in [2.45, 2.75) is 62.1 Å². The normalized spacial score (nSPS) is 30.6. The Balaban J connectivity index is 1.51. The maximum Gasteiger partial charge on any atom is 0.339 e. The number of ether oxygens (including phenoxy) is 4. The molecule has 1 heterocycles. The van der Waals surface area contributed by atoms with Crippen LogP contribution in [-0.2, 0) is 35.8 Å². The number of benzene rings is 2. The van der Waals surface area contributed by atoms with E-state index in [9.17, 15) is 49.5 Å². The summed E-state index contributed by atoms with van der Waals surface area (Å²) in [5.41, 5.74) is -10.5. The minimum atomic E-state index is -3.28. The van der Waals surface area contributed by atoms with E-state index in [4.69, 9.17) is 23.8 Å². The van der Waals surface area contributed by atoms with Gasteiger partial charge in [0.1, 0.15) is 42.1 Å². The second kappa shape index (κ2) is 12.3. The fourth-order valence-corrected chi connectivity index (χ4v) is 7.83. The van der Waals surface area contributed by atoms with Crippen LogP contribution in [0.5, 0.6) is 11.5 Å². The summed E-state index contributed by atoms with van der Waals surface area (Å²) in [7, 11) is 4.96. The predicted molar refractivity (Wildman–Crippen MR) is 170 cm³/mol. The molecule has 0 radical (unpaired) electrons. The number of methoxy groups -OCH3 is 3. The number of Topliss-reactive ketones (excluding diaryl/α,β-unsaturated/α-hetero) is 3. The zero-order chi connectivity index (χ0) is 37.5. The summed E-state index contributed by atoms with van der Waals surface area (Å²) in [5, 5.41) is 63.1. The molecule has 17 nitrogen and oxygen atoms in total. The number of aliphatic hydroxyl groups is 2. The molecular formula is C34H34N2O15. The molecule has 51 heavy (non-hydrogen) atoms. The van der Waals surface area contributed by atoms with Crippen molar-refractivity contribution in [2.24, 2.45) is 5.16 Å². The Hall–Kier alpha value is -5.04. The van der Waals surface area contributed by atoms with E-state index in [1.54, 1.807) is 6.92 Å². The highest BCUT2D eigenvalue weighted by Gasteiger charge is 2.72. The molecule has 0 saturated carbocycles. The highest BCUT2D eigenvalue weighted by molar-refractivity contribution is 6.31. The molecule has 6 rings (SSSR count). The number of allylic oxidation sites excluding steroid dienone is 2. The Morgan fingerprint density at radius 3 is 2.24 bits per heavy atom. The van der Waals surface area contributed by atoms with Crippen LogP contribution in [0.2, 0.25) is 0 Å². The van der Waals surface area contributed by atoms with Crippen molar-refractivity contribution in [1.29, 1.82) is 0 Å². The third kappa shape index (κ3) is 4.62. The van der Waals surface area contributed by atoms with E-state index in [0.29, 0.717) is 0 Å². The average molecular weight is 711 g/mol. The Labute approximate surface area is 289 Å². The first-order valence-corrected chi connectivity index (χ1v) is 15.5. The summed E-state index contributed by atoms with van der Waals surface area (Å²) in [5.74, 6) is -8.48. The Kier molecular flexibility index (Phi) is 8.65. The molecular weight excluding hydrogens is 676 g/mol. The minimum absolute atomic E-state index is 0.0301. The number of phenols is 2. The van der Waals surface area contributed by atoms with E-state index in [-0.39, 0.29) is 22.5 Å². The number of nitrogens with zero attached hydrogens (tertiary/aromatic N) is 1. The zero-order valence-corrected chi connectivity index (χ0v) is 28.1. The number of aromatic carboxylic acids is 1. The maximum absolute atomic E-state index is 14.5. The van der Waals surface area contributed by atoms with Crippen molar-refractivity contribution < 1.29 is 73.3 Å². The third-order valence-electron chi connectivity index (χ3n) is 10.00. The van der Waals surface area contributed by atoms with Gasteiger partial charge >= 0.3 is 5.97 Å². The molecule has 7 atom stereocenters. The van der Waals surface area contributed by atoms with E-state index in [1.807, 2.05) is 0 Å². The van der Waals surface area contributed by atoms with Gasteiger partial charge in [0.2, 0.25) is 17.3 Å². The molecule has 0 bridgehead atoms. The van der Waals surface area contributed by atoms with Crippen molar-refractivity contribution in [3.63, 3.8) is 0 Å². The SMILES string of the molecule is CO/N=C1/[C@@H](OC)[C@H](C)O[C@H](NC2=CC(=O)c3c(cc4c(c3O)C(=O)C3(OC)C(O)Cc5cc(C)c(C(=O)O)c(O)c5C3(O)C4=O)C2=O)[C@@H]1OC. The topological polar surface area (TPSA) is 257 Å². The highest BCUT2D eigenvalue weighted by atomic mass is 16.6. The lowest BCUT2D eigenvalue weighted by atomic mass is 9.56. The number of oxime groups is 1. The van der Waals surface area contributed by atoms with Gasteiger partial charge in [-0.2, -0.15) is 0 Å². The van der Waals surface area contributed by atoms with Crippen LogP contribution in [0.4, 0.5) is 0 Å². The molecule has 3 aliphatic carbocycles. The molecule has 0 spiro atoms. The van der Waals surface area contributed by atoms with Crippen molar-refractivity contribution in [3.05, 3.63) is 68.4 Å². The molecule has 1 fully saturated rings. The lowest BCUT2D eigenvalue weighted by molar-refractivity contribution is -0.181. The first kappa shape index (κ1) is 35.8. The van der Waals surface area contributed by atoms with E-state index >= 15 is 0 Å². The first-order valence-electron chi connectivity index (χ1n) is 15.5. The van der Waals surface area contributed by atoms with Gasteiger partial charge < -0.3 is 54.6 Å². The fraction of sp³-hybridized carbons (Fsp3) is 0.412. The summed E-state index contributed by atoms with van der Waals surface area (Å²) in [6.07, 6.45) is -5.16. The second-order valence-corrected chi connectivity index (χ2v) is 12.5. The third-order valence-corrected chi connectivity index (χ3v) is 10.00. The van der Waals surface area contributed by atoms with Gasteiger partial charge in [-0.1, -0.05) is 11.2 Å². The number of fused-ring (bicyclic) bond motifs is 5. The molecule has 17 heteroatoms. The van der Waals surface area contributed by atoms with Gasteiger partial charge in [0.05, 0.1) is 29.0 Å². The number of hydrogen-bond acceptors (Lipinski definition) is 16. The molecule has 1 aliphatic heterocycles. The van der Waals surface area contributed by atoms with Crippen molar-refractivity contribution >= 4 is 34.8 Å². The number of aromatic hydroxyl groups is 2. The van der Waals surface area contributed by atoms with E-state index < -0.39 is 122 Å². The van der Waals surface area contributed by atoms with Crippen LogP contribution < -0.4 is 5.32 Å². The van der Waals surface area contributed by atoms with Crippen LogP contribution in [0.25, 0.3) is 0 Å². The minimum Gasteiger partial charge on any atom is -0.507 e. The summed E-state index contributed by atoms with van der Waals surface area (Å²) in [6, 6.07) is 2.07. The van der Waals surface area contributed by atoms with Crippen LogP contribution in [-0.4, -0.2) is 125 Å². The van der Waals surface area contributed by atoms with Gasteiger partial charge in [0.15, 0.2) is 23.2 Å². The molecule has 2 aromatic rings. The molecule has 4 aliphatic rings. The molecule has 0 aromatic heterocycles. The van der Waals surface area contributed by atoms with Gasteiger partial charge in [0.25, 0.3) is 0 Å². The number of aryl methyl sites for hydroxylation is 1. The summed E-state index contributed by atoms with van der Waals surface area (Å²) in [6.45, 7) is 3.01. The number of hydrogen-bond donors (Lipinski definition) is 6. The van der Waals surface area contributed by atoms with Crippen LogP contribution >= 0.6 is 0 Å². The van der Waals surface area contributed by atoms with Crippen molar-refractivity contribution in [3.8, 4) is 11.5 Å². The number of aliphatic hydroxyl groups excluding tert-OH is 1. The molecule has 3 unspecified atom stereocenters. The summed E-state index contributed by atoms with van der Waals surface area (Å²) < 4.78 is 22.5. The molecule has 0 amide bonds. The van der Waals surface area contributed by atoms with E-state index in [1.165, 1.54) is 34.3 Å². The van der Waals surface area contributed by atoms with Crippen LogP contribution in [0.3, 0.4) is 0 Å². The summed E-state index contributed by atoms with van der Waals surface area (Å²) >= 11 is 0. The average Bonchev–Trinajstić information content (AvgIpc) is 3.05. The first-order chi connectivity index (χ1) is 24.1. The Bertz CT molecular complexity index is 2000. The number of carboxylic acids is 1. The summed E-state index contributed by atoms with van der Waals surface area (Å²) in [4.78, 5) is 73.6. The Morgan fingerprint density at radius 1 is 0.980 bits per heavy atom. The fourth-order valence-electron chi connectivity index (χ4n) is 7.83. The van der Waals surface area contributed by atoms with Gasteiger partial charge in [-0.25, -0.2) is 4.79 Å². The molecule has 6 N–H and O–H groups in total.